The molecular formula is C133H149B5BrN2Si2. The third-order valence-corrected chi connectivity index (χ3v) is 41.8. The Morgan fingerprint density at radius 2 is 0.441 bits per heavy atom. The molecule has 3 radical (unpaired) electrons. The first-order valence-electron chi connectivity index (χ1n) is 52.8. The lowest BCUT2D eigenvalue weighted by Crippen LogP contribution is -2.77. The lowest BCUT2D eigenvalue weighted by atomic mass is 9.20. The van der Waals surface area contributed by atoms with E-state index in [2.05, 4.69) is 544 Å². The van der Waals surface area contributed by atoms with Crippen molar-refractivity contribution in [1.29, 1.82) is 0 Å². The molecule has 0 unspecified atom stereocenters. The Hall–Kier alpha value is -11.6. The molecule has 0 amide bonds. The average Bonchev–Trinajstić information content (AvgIpc) is 0.673. The van der Waals surface area contributed by atoms with E-state index < -0.39 is 16.1 Å². The van der Waals surface area contributed by atoms with Crippen LogP contribution >= 0.6 is 15.9 Å². The molecule has 0 atom stereocenters. The minimum atomic E-state index is -2.79. The number of para-hydroxylation sites is 4. The molecule has 0 spiro atoms. The summed E-state index contributed by atoms with van der Waals surface area (Å²) in [5, 5.41) is 15.0. The number of nitrogens with one attached hydrogen (secondary N) is 1. The number of anilines is 5. The minimum absolute atomic E-state index is 0. The molecule has 4 aliphatic heterocycles. The Bertz CT molecular complexity index is 6960. The van der Waals surface area contributed by atoms with Crippen molar-refractivity contribution < 1.29 is 1.43 Å². The average molecular weight is 1970 g/mol. The highest BCUT2D eigenvalue weighted by Crippen LogP contribution is 2.41. The van der Waals surface area contributed by atoms with Gasteiger partial charge in [0.25, 0.3) is 0 Å². The van der Waals surface area contributed by atoms with Crippen molar-refractivity contribution in [3.63, 3.8) is 0 Å². The molecule has 143 heavy (non-hydrogen) atoms. The number of nitrogens with zero attached hydrogens (tertiary/aromatic N) is 1. The molecule has 20 rings (SSSR count). The highest BCUT2D eigenvalue weighted by Gasteiger charge is 2.52. The van der Waals surface area contributed by atoms with Crippen LogP contribution in [0, 0.1) is 0 Å². The van der Waals surface area contributed by atoms with E-state index in [9.17, 15) is 0 Å². The van der Waals surface area contributed by atoms with Gasteiger partial charge in [-0.25, -0.2) is 0 Å². The van der Waals surface area contributed by atoms with E-state index in [0.717, 1.165) is 4.47 Å². The second kappa shape index (κ2) is 43.3. The number of hydrogen-bond donors (Lipinski definition) is 1. The number of hydrogen-bond acceptors (Lipinski definition) is 2. The van der Waals surface area contributed by atoms with Crippen LogP contribution < -0.4 is 117 Å². The third kappa shape index (κ3) is 19.0. The first kappa shape index (κ1) is 104. The molecule has 4 heterocycles. The van der Waals surface area contributed by atoms with Crippen LogP contribution in [-0.4, -0.2) is 51.4 Å². The monoisotopic (exact) mass is 1960 g/mol. The van der Waals surface area contributed by atoms with Crippen molar-refractivity contribution >= 4 is 203 Å². The molecule has 4 aliphatic rings. The maximum atomic E-state index is 3.93. The van der Waals surface area contributed by atoms with Crippen LogP contribution in [-0.2, 0) is 0 Å². The fourth-order valence-corrected chi connectivity index (χ4v) is 35.1. The first-order valence-corrected chi connectivity index (χ1v) is 57.6. The highest BCUT2D eigenvalue weighted by atomic mass is 79.9. The quantitative estimate of drug-likeness (QED) is 0.0722. The van der Waals surface area contributed by atoms with Crippen LogP contribution in [0.3, 0.4) is 0 Å². The highest BCUT2D eigenvalue weighted by molar-refractivity contribution is 9.10. The Labute approximate surface area is 875 Å². The summed E-state index contributed by atoms with van der Waals surface area (Å²) in [5.74, 6) is 5.03. The first-order chi connectivity index (χ1) is 67.9. The van der Waals surface area contributed by atoms with Gasteiger partial charge in [-0.05, 0) is 222 Å². The van der Waals surface area contributed by atoms with Crippen molar-refractivity contribution in [2.24, 2.45) is 0 Å². The predicted molar refractivity (Wildman–Crippen MR) is 647 cm³/mol. The Morgan fingerprint density at radius 3 is 0.713 bits per heavy atom. The number of fused-ring (bicyclic) bond motifs is 8. The molecule has 16 aromatic rings. The second-order valence-corrected chi connectivity index (χ2v) is 52.8. The van der Waals surface area contributed by atoms with Crippen LogP contribution in [0.15, 0.2) is 356 Å². The zero-order valence-electron chi connectivity index (χ0n) is 88.6. The van der Waals surface area contributed by atoms with E-state index in [-0.39, 0.29) is 44.1 Å². The molecule has 0 aliphatic carbocycles. The number of benzene rings is 16. The summed E-state index contributed by atoms with van der Waals surface area (Å²) in [5.41, 5.74) is 41.6. The van der Waals surface area contributed by atoms with Crippen LogP contribution in [0.5, 0.6) is 0 Å². The van der Waals surface area contributed by atoms with Crippen molar-refractivity contribution in [1.82, 2.24) is 0 Å². The molecule has 721 valence electrons. The summed E-state index contributed by atoms with van der Waals surface area (Å²) in [4.78, 5) is 2.62. The zero-order valence-corrected chi connectivity index (χ0v) is 92.2. The molecule has 0 fully saturated rings. The molecule has 0 aromatic heterocycles. The fraction of sp³-hybridized carbons (Fsp3) is 0.278. The molecule has 10 heteroatoms. The van der Waals surface area contributed by atoms with Gasteiger partial charge in [-0.2, -0.15) is 0 Å². The van der Waals surface area contributed by atoms with Crippen molar-refractivity contribution in [2.45, 2.75) is 245 Å². The molecular weight excluding hydrogens is 1820 g/mol. The zero-order chi connectivity index (χ0) is 99.5. The van der Waals surface area contributed by atoms with Gasteiger partial charge in [0.1, 0.15) is 0 Å². The number of rotatable bonds is 21. The van der Waals surface area contributed by atoms with E-state index in [1.54, 1.807) is 0 Å². The van der Waals surface area contributed by atoms with Crippen molar-refractivity contribution in [2.75, 3.05) is 10.2 Å². The summed E-state index contributed by atoms with van der Waals surface area (Å²) in [7, 11) is -5.13. The maximum absolute atomic E-state index is 3.93. The van der Waals surface area contributed by atoms with Crippen LogP contribution in [0.25, 0.3) is 0 Å². The molecule has 0 bridgehead atoms. The Balaban J connectivity index is 0.000000179. The van der Waals surface area contributed by atoms with E-state index >= 15 is 0 Å². The second-order valence-electron chi connectivity index (χ2n) is 44.4. The summed E-state index contributed by atoms with van der Waals surface area (Å²) >= 11 is 3.93. The minimum Gasteiger partial charge on any atom is -0.356 e. The van der Waals surface area contributed by atoms with Crippen LogP contribution in [0.1, 0.15) is 313 Å². The normalized spacial score (nSPS) is 13.5. The lowest BCUT2D eigenvalue weighted by Gasteiger charge is -2.45. The fourth-order valence-electron chi connectivity index (χ4n) is 24.6. The topological polar surface area (TPSA) is 15.3 Å². The summed E-state index contributed by atoms with van der Waals surface area (Å²) < 4.78 is 1.16. The number of halogens is 1. The van der Waals surface area contributed by atoms with Crippen molar-refractivity contribution in [3.8, 4) is 0 Å². The smallest absolute Gasteiger partial charge is 0.240 e. The van der Waals surface area contributed by atoms with E-state index in [0.29, 0.717) is 71.0 Å². The van der Waals surface area contributed by atoms with Gasteiger partial charge < -0.3 is 10.2 Å². The molecule has 2 nitrogen and oxygen atoms in total. The lowest BCUT2D eigenvalue weighted by molar-refractivity contribution is 0.812. The summed E-state index contributed by atoms with van der Waals surface area (Å²) in [6.07, 6.45) is 0. The molecule has 0 saturated carbocycles. The van der Waals surface area contributed by atoms with Gasteiger partial charge in [0.05, 0.1) is 0 Å². The third-order valence-electron chi connectivity index (χ3n) is 31.6. The van der Waals surface area contributed by atoms with E-state index in [1.165, 1.54) is 202 Å². The Kier molecular flexibility index (Phi) is 31.6. The van der Waals surface area contributed by atoms with E-state index in [4.69, 9.17) is 0 Å². The van der Waals surface area contributed by atoms with Crippen LogP contribution in [0.2, 0.25) is 0 Å². The Morgan fingerprint density at radius 1 is 0.224 bits per heavy atom. The van der Waals surface area contributed by atoms with Gasteiger partial charge in [0, 0.05) is 42.7 Å². The van der Waals surface area contributed by atoms with Crippen LogP contribution in [0.4, 0.5) is 28.4 Å². The van der Waals surface area contributed by atoms with E-state index in [1.807, 2.05) is 0 Å². The maximum Gasteiger partial charge on any atom is 0.240 e. The largest absolute Gasteiger partial charge is 0.356 e. The SMILES string of the molecule is C.CC(C)c1cc(C(C)C)c(B2c3ccccc3B(c3c(C(C)C)cc(C(C)C)cc3C(C)C)c3cc(Br)ccc32)c(C(C)C)c1.CC(C)c1cc(C(C)C)c(B2c3ccccc3B(c3c(C(C)C)cc(C(C)C)cc3C(C)C)c3cc(N4c5ccccc5[Si](c5ccccc5)(c5ccccc5)c5ccccc54)ccc32)c(C(C)C)c1.[B].[HH].c1ccc([Si]2(c3ccccc3)c3ccccc3Nc3ccccc32)cc1. The molecule has 16 aromatic carbocycles. The van der Waals surface area contributed by atoms with Gasteiger partial charge in [0.2, 0.25) is 26.9 Å². The summed E-state index contributed by atoms with van der Waals surface area (Å²) in [6, 6.07) is 135. The van der Waals surface area contributed by atoms with Gasteiger partial charge in [-0.1, -0.05) is 564 Å². The predicted octanol–water partition coefficient (Wildman–Crippen LogP) is 23.1. The van der Waals surface area contributed by atoms with Crippen molar-refractivity contribution in [3.05, 3.63) is 423 Å². The molecule has 1 N–H and O–H groups in total. The van der Waals surface area contributed by atoms with Gasteiger partial charge in [-0.3, -0.25) is 0 Å². The summed E-state index contributed by atoms with van der Waals surface area (Å²) in [6.45, 7) is 57.6. The van der Waals surface area contributed by atoms with Gasteiger partial charge in [-0.15, -0.1) is 0 Å². The molecule has 0 saturated heterocycles. The van der Waals surface area contributed by atoms with Gasteiger partial charge in [0.15, 0.2) is 16.1 Å². The van der Waals surface area contributed by atoms with Gasteiger partial charge >= 0.3 is 0 Å². The standard InChI is InChI=1S/C66H71B2NSi.C42H53B2Br.C24H19NSi.CH4.B.H2/c1-42(2)48-37-53(44(5)6)65(54(38-48)45(7)8)67-57-29-19-20-30-58(57)68(66-55(46(9)10)39-49(43(3)4)40-56(66)47(11)12)60-41-50(35-36-59(60)67)69-61-31-21-23-33-63(61)70(51-25-15-13-16-26-51,52-27-17-14-18-28-52)64-34-24-22-32-62(64)69;1-24(2)30-19-33(26(5)6)41(34(20-30)27(7)8)43-37-15-13-14-16-38(37)44(40-23-32(45)17-18-39(40)43)42-35(28(9)10)21-31(25(3)4)22-36(42)29(11)12;1-3-11-19(12-4-1)26(20-13-5-2-6-14-20)23-17-9-7-15-21(23)25-22-16-8-10-18-24(22)26;;;/h13-47H,1-12H3;13-29H,1-12H3;1-18,25H;1H4;;1H.